The number of hydrogen-bond donors (Lipinski definition) is 1. The molecule has 0 fully saturated rings. The van der Waals surface area contributed by atoms with Crippen LogP contribution >= 0.6 is 0 Å². The highest BCUT2D eigenvalue weighted by Gasteiger charge is 2.32. The van der Waals surface area contributed by atoms with Gasteiger partial charge in [-0.3, -0.25) is 4.79 Å². The Hall–Kier alpha value is -3.49. The molecule has 3 rings (SSSR count). The van der Waals surface area contributed by atoms with Crippen LogP contribution in [-0.4, -0.2) is 19.4 Å². The number of aryl methyl sites for hydroxylation is 1. The van der Waals surface area contributed by atoms with E-state index in [1.54, 1.807) is 25.1 Å². The third-order valence-electron chi connectivity index (χ3n) is 4.48. The number of carbonyl (C=O) groups is 1. The minimum Gasteiger partial charge on any atom is -0.497 e. The number of anilines is 1. The smallest absolute Gasteiger partial charge is 0.497 e. The summed E-state index contributed by atoms with van der Waals surface area (Å²) in [5, 5.41) is 3.08. The van der Waals surface area contributed by atoms with Gasteiger partial charge in [-0.2, -0.15) is 0 Å². The number of hydrogen-bond acceptors (Lipinski definition) is 5. The first-order valence-corrected chi connectivity index (χ1v) is 8.93. The predicted octanol–water partition coefficient (Wildman–Crippen LogP) is 4.58. The van der Waals surface area contributed by atoms with Crippen molar-refractivity contribution in [3.63, 3.8) is 0 Å². The molecule has 3 aromatic rings. The Morgan fingerprint density at radius 1 is 1.17 bits per heavy atom. The fraction of sp³-hybridized carbons (Fsp3) is 0.238. The number of carbonyl (C=O) groups excluding carboxylic acids is 1. The minimum atomic E-state index is -4.88. The van der Waals surface area contributed by atoms with Gasteiger partial charge in [-0.05, 0) is 43.2 Å². The van der Waals surface area contributed by atoms with E-state index in [9.17, 15) is 22.8 Å². The first-order chi connectivity index (χ1) is 14.2. The molecular formula is C21H18F3NO5. The molecule has 0 saturated carbocycles. The van der Waals surface area contributed by atoms with Gasteiger partial charge in [-0.15, -0.1) is 13.2 Å². The third kappa shape index (κ3) is 4.91. The molecule has 1 N–H and O–H groups in total. The van der Waals surface area contributed by atoms with Crippen molar-refractivity contribution < 1.29 is 31.9 Å². The van der Waals surface area contributed by atoms with Gasteiger partial charge in [0.2, 0.25) is 5.91 Å². The Bertz CT molecular complexity index is 1140. The lowest BCUT2D eigenvalue weighted by atomic mass is 10.0. The van der Waals surface area contributed by atoms with Crippen LogP contribution in [0.3, 0.4) is 0 Å². The number of halogens is 3. The molecule has 0 bridgehead atoms. The van der Waals surface area contributed by atoms with Crippen LogP contribution < -0.4 is 20.4 Å². The summed E-state index contributed by atoms with van der Waals surface area (Å²) < 4.78 is 51.9. The van der Waals surface area contributed by atoms with Crippen LogP contribution in [0, 0.1) is 6.92 Å². The van der Waals surface area contributed by atoms with Gasteiger partial charge < -0.3 is 19.2 Å². The Balaban J connectivity index is 1.76. The van der Waals surface area contributed by atoms with E-state index in [2.05, 4.69) is 10.1 Å². The number of benzene rings is 2. The molecule has 0 unspecified atom stereocenters. The van der Waals surface area contributed by atoms with Crippen LogP contribution in [0.2, 0.25) is 0 Å². The molecule has 6 nitrogen and oxygen atoms in total. The lowest BCUT2D eigenvalue weighted by Crippen LogP contribution is -2.20. The van der Waals surface area contributed by atoms with E-state index in [1.165, 1.54) is 25.3 Å². The van der Waals surface area contributed by atoms with Crippen molar-refractivity contribution in [2.75, 3.05) is 12.4 Å². The average molecular weight is 421 g/mol. The summed E-state index contributed by atoms with van der Waals surface area (Å²) in [7, 11) is 1.50. The van der Waals surface area contributed by atoms with E-state index in [0.29, 0.717) is 27.8 Å². The van der Waals surface area contributed by atoms with Crippen molar-refractivity contribution >= 4 is 22.6 Å². The molecular weight excluding hydrogens is 403 g/mol. The van der Waals surface area contributed by atoms with Crippen molar-refractivity contribution in [1.82, 2.24) is 0 Å². The highest BCUT2D eigenvalue weighted by Crippen LogP contribution is 2.30. The first kappa shape index (κ1) is 21.2. The summed E-state index contributed by atoms with van der Waals surface area (Å²) >= 11 is 0. The van der Waals surface area contributed by atoms with Gasteiger partial charge in [-0.1, -0.05) is 12.1 Å². The average Bonchev–Trinajstić information content (AvgIpc) is 2.67. The molecule has 0 aliphatic carbocycles. The second-order valence-corrected chi connectivity index (χ2v) is 6.45. The van der Waals surface area contributed by atoms with Crippen LogP contribution in [-0.2, 0) is 11.2 Å². The molecule has 158 valence electrons. The maximum Gasteiger partial charge on any atom is 0.573 e. The molecule has 0 radical (unpaired) electrons. The summed E-state index contributed by atoms with van der Waals surface area (Å²) in [4.78, 5) is 24.6. The molecule has 9 heteroatoms. The highest BCUT2D eigenvalue weighted by atomic mass is 19.4. The molecule has 0 saturated heterocycles. The zero-order chi connectivity index (χ0) is 21.9. The Kier molecular flexibility index (Phi) is 6.00. The van der Waals surface area contributed by atoms with Gasteiger partial charge >= 0.3 is 12.0 Å². The monoisotopic (exact) mass is 421 g/mol. The van der Waals surface area contributed by atoms with Crippen LogP contribution in [0.4, 0.5) is 18.9 Å². The zero-order valence-electron chi connectivity index (χ0n) is 16.1. The van der Waals surface area contributed by atoms with Gasteiger partial charge in [0.25, 0.3) is 0 Å². The first-order valence-electron chi connectivity index (χ1n) is 8.93. The number of amides is 1. The molecule has 1 heterocycles. The van der Waals surface area contributed by atoms with Crippen LogP contribution in [0.1, 0.15) is 17.5 Å². The maximum absolute atomic E-state index is 12.5. The van der Waals surface area contributed by atoms with Crippen LogP contribution in [0.5, 0.6) is 11.5 Å². The number of para-hydroxylation sites is 2. The minimum absolute atomic E-state index is 0.0598. The number of fused-ring (bicyclic) bond motifs is 1. The van der Waals surface area contributed by atoms with Gasteiger partial charge in [0.05, 0.1) is 12.8 Å². The summed E-state index contributed by atoms with van der Waals surface area (Å²) in [6.07, 6.45) is -4.96. The van der Waals surface area contributed by atoms with Crippen molar-refractivity contribution in [2.24, 2.45) is 0 Å². The fourth-order valence-electron chi connectivity index (χ4n) is 3.03. The zero-order valence-corrected chi connectivity index (χ0v) is 16.1. The predicted molar refractivity (Wildman–Crippen MR) is 104 cm³/mol. The van der Waals surface area contributed by atoms with Gasteiger partial charge in [0, 0.05) is 23.4 Å². The standard InChI is InChI=1S/C21H18F3NO5/c1-12-14-8-7-13(28-2)11-18(14)29-20(27)15(12)9-10-19(26)25-16-5-3-4-6-17(16)30-21(22,23)24/h3-8,11H,9-10H2,1-2H3,(H,25,26). The lowest BCUT2D eigenvalue weighted by Gasteiger charge is -2.14. The molecule has 30 heavy (non-hydrogen) atoms. The van der Waals surface area contributed by atoms with E-state index in [4.69, 9.17) is 9.15 Å². The van der Waals surface area contributed by atoms with Gasteiger partial charge in [0.15, 0.2) is 5.75 Å². The van der Waals surface area contributed by atoms with Crippen molar-refractivity contribution in [2.45, 2.75) is 26.1 Å². The quantitative estimate of drug-likeness (QED) is 0.590. The van der Waals surface area contributed by atoms with E-state index < -0.39 is 23.6 Å². The summed E-state index contributed by atoms with van der Waals surface area (Å²) in [6, 6.07) is 10.3. The molecule has 1 aromatic heterocycles. The number of alkyl halides is 3. The van der Waals surface area contributed by atoms with E-state index in [0.717, 1.165) is 6.07 Å². The number of nitrogens with one attached hydrogen (secondary N) is 1. The summed E-state index contributed by atoms with van der Waals surface area (Å²) in [5.41, 5.74) is 0.652. The topological polar surface area (TPSA) is 77.8 Å². The van der Waals surface area contributed by atoms with Crippen LogP contribution in [0.25, 0.3) is 11.0 Å². The van der Waals surface area contributed by atoms with E-state index in [-0.39, 0.29) is 18.5 Å². The van der Waals surface area contributed by atoms with Crippen LogP contribution in [0.15, 0.2) is 51.7 Å². The fourth-order valence-corrected chi connectivity index (χ4v) is 3.03. The largest absolute Gasteiger partial charge is 0.573 e. The summed E-state index contributed by atoms with van der Waals surface area (Å²) in [5.74, 6) is -0.549. The molecule has 0 aliphatic heterocycles. The maximum atomic E-state index is 12.5. The van der Waals surface area contributed by atoms with Gasteiger partial charge in [-0.25, -0.2) is 4.79 Å². The number of ether oxygens (including phenoxy) is 2. The second kappa shape index (κ2) is 8.48. The molecule has 0 atom stereocenters. The Morgan fingerprint density at radius 3 is 2.60 bits per heavy atom. The van der Waals surface area contributed by atoms with Crippen molar-refractivity contribution in [1.29, 1.82) is 0 Å². The number of methoxy groups -OCH3 is 1. The van der Waals surface area contributed by atoms with Crippen molar-refractivity contribution in [3.05, 3.63) is 64.0 Å². The Morgan fingerprint density at radius 2 is 1.90 bits per heavy atom. The van der Waals surface area contributed by atoms with Gasteiger partial charge in [0.1, 0.15) is 11.3 Å². The number of rotatable bonds is 6. The van der Waals surface area contributed by atoms with E-state index >= 15 is 0 Å². The third-order valence-corrected chi connectivity index (χ3v) is 4.48. The lowest BCUT2D eigenvalue weighted by molar-refractivity contribution is -0.274. The van der Waals surface area contributed by atoms with Crippen molar-refractivity contribution in [3.8, 4) is 11.5 Å². The normalized spacial score (nSPS) is 11.4. The van der Waals surface area contributed by atoms with E-state index in [1.807, 2.05) is 0 Å². The molecule has 1 amide bonds. The molecule has 0 spiro atoms. The molecule has 2 aromatic carbocycles. The summed E-state index contributed by atoms with van der Waals surface area (Å²) in [6.45, 7) is 1.74. The SMILES string of the molecule is COc1ccc2c(C)c(CCC(=O)Nc3ccccc3OC(F)(F)F)c(=O)oc2c1. The Labute approximate surface area is 169 Å². The highest BCUT2D eigenvalue weighted by molar-refractivity contribution is 5.92. The molecule has 0 aliphatic rings. The second-order valence-electron chi connectivity index (χ2n) is 6.45.